The molecule has 0 radical (unpaired) electrons. The highest BCUT2D eigenvalue weighted by molar-refractivity contribution is 5.78. The van der Waals surface area contributed by atoms with Crippen LogP contribution < -0.4 is 10.6 Å². The zero-order valence-corrected chi connectivity index (χ0v) is 20.3. The maximum Gasteiger partial charge on any atom is 0.165 e. The number of likely N-dealkylation sites (tertiary alicyclic amines) is 1. The molecule has 0 saturated carbocycles. The largest absolute Gasteiger partial charge is 0.384 e. The molecular weight excluding hydrogens is 462 g/mol. The van der Waals surface area contributed by atoms with Crippen molar-refractivity contribution >= 4 is 22.7 Å². The number of nitrogens with zero attached hydrogens (tertiary/aromatic N) is 7. The summed E-state index contributed by atoms with van der Waals surface area (Å²) in [6.45, 7) is 6.71. The fraction of sp³-hybridized carbons (Fsp3) is 0.346. The summed E-state index contributed by atoms with van der Waals surface area (Å²) >= 11 is 0. The summed E-state index contributed by atoms with van der Waals surface area (Å²) < 4.78 is 32.5. The summed E-state index contributed by atoms with van der Waals surface area (Å²) in [5.41, 5.74) is 8.85. The first kappa shape index (κ1) is 22.8. The highest BCUT2D eigenvalue weighted by atomic mass is 19.1. The van der Waals surface area contributed by atoms with Crippen LogP contribution in [0.25, 0.3) is 28.1 Å². The van der Waals surface area contributed by atoms with E-state index in [-0.39, 0.29) is 5.69 Å². The second-order valence-corrected chi connectivity index (χ2v) is 9.66. The SMILES string of the molecule is Cc1nc2ccc(-c3ccnc(N)c3)nc2n1-c1cc(F)c(N2CCN(C3CN(C)C3)CC2)c(F)c1. The third kappa shape index (κ3) is 3.96. The Labute approximate surface area is 208 Å². The van der Waals surface area contributed by atoms with E-state index < -0.39 is 11.6 Å². The number of hydrogen-bond donors (Lipinski definition) is 1. The average molecular weight is 491 g/mol. The molecule has 4 aromatic rings. The van der Waals surface area contributed by atoms with Gasteiger partial charge < -0.3 is 15.5 Å². The third-order valence-corrected chi connectivity index (χ3v) is 7.20. The number of nitrogens with two attached hydrogens (primary N) is 1. The van der Waals surface area contributed by atoms with E-state index in [1.54, 1.807) is 23.8 Å². The normalized spacial score (nSPS) is 17.6. The van der Waals surface area contributed by atoms with Crippen molar-refractivity contribution in [2.24, 2.45) is 0 Å². The first-order valence-electron chi connectivity index (χ1n) is 12.1. The van der Waals surface area contributed by atoms with Crippen molar-refractivity contribution in [3.05, 3.63) is 60.1 Å². The van der Waals surface area contributed by atoms with Crippen LogP contribution in [0.4, 0.5) is 20.3 Å². The lowest BCUT2D eigenvalue weighted by atomic mass is 10.1. The molecule has 5 heterocycles. The molecular formula is C26H28F2N8. The standard InChI is InChI=1S/C26H28F2N8/c1-16-31-23-4-3-22(17-5-6-30-24(29)11-17)32-26(23)36(16)18-12-20(27)25(21(28)13-18)35-9-7-34(8-10-35)19-14-33(2)15-19/h3-6,11-13,19H,7-10,14-15H2,1-2H3,(H2,29,30). The Morgan fingerprint density at radius 3 is 2.33 bits per heavy atom. The van der Waals surface area contributed by atoms with Crippen LogP contribution in [0.5, 0.6) is 0 Å². The van der Waals surface area contributed by atoms with Crippen LogP contribution in [0, 0.1) is 18.6 Å². The van der Waals surface area contributed by atoms with Crippen molar-refractivity contribution in [2.45, 2.75) is 13.0 Å². The average Bonchev–Trinajstić information content (AvgIpc) is 3.17. The van der Waals surface area contributed by atoms with Crippen LogP contribution in [0.15, 0.2) is 42.6 Å². The number of anilines is 2. The Morgan fingerprint density at radius 1 is 0.944 bits per heavy atom. The maximum absolute atomic E-state index is 15.4. The fourth-order valence-electron chi connectivity index (χ4n) is 5.34. The Hall–Kier alpha value is -3.63. The van der Waals surface area contributed by atoms with Gasteiger partial charge in [-0.15, -0.1) is 0 Å². The quantitative estimate of drug-likeness (QED) is 0.471. The van der Waals surface area contributed by atoms with E-state index in [4.69, 9.17) is 10.7 Å². The number of nitrogen functional groups attached to an aromatic ring is 1. The molecule has 0 bridgehead atoms. The number of imidazole rings is 1. The molecule has 2 aliphatic rings. The fourth-order valence-corrected chi connectivity index (χ4v) is 5.34. The smallest absolute Gasteiger partial charge is 0.165 e. The summed E-state index contributed by atoms with van der Waals surface area (Å²) in [5.74, 6) is -0.184. The Bertz CT molecular complexity index is 1410. The predicted molar refractivity (Wildman–Crippen MR) is 136 cm³/mol. The number of rotatable bonds is 4. The number of pyridine rings is 2. The lowest BCUT2D eigenvalue weighted by Gasteiger charge is -2.47. The van der Waals surface area contributed by atoms with Gasteiger partial charge in [-0.2, -0.15) is 0 Å². The van der Waals surface area contributed by atoms with Crippen molar-refractivity contribution in [3.63, 3.8) is 0 Å². The van der Waals surface area contributed by atoms with Gasteiger partial charge in [0.1, 0.15) is 22.8 Å². The van der Waals surface area contributed by atoms with Gasteiger partial charge in [0.15, 0.2) is 17.3 Å². The molecule has 2 fully saturated rings. The summed E-state index contributed by atoms with van der Waals surface area (Å²) in [4.78, 5) is 19.8. The van der Waals surface area contributed by atoms with Crippen LogP contribution in [0.1, 0.15) is 5.82 Å². The van der Waals surface area contributed by atoms with E-state index in [2.05, 4.69) is 26.8 Å². The van der Waals surface area contributed by atoms with E-state index >= 15 is 8.78 Å². The lowest BCUT2D eigenvalue weighted by molar-refractivity contribution is 0.0486. The van der Waals surface area contributed by atoms with Crippen LogP contribution in [0.3, 0.4) is 0 Å². The van der Waals surface area contributed by atoms with Crippen molar-refractivity contribution in [1.29, 1.82) is 0 Å². The second kappa shape index (κ2) is 8.79. The minimum Gasteiger partial charge on any atom is -0.384 e. The first-order chi connectivity index (χ1) is 17.4. The van der Waals surface area contributed by atoms with E-state index in [9.17, 15) is 0 Å². The third-order valence-electron chi connectivity index (χ3n) is 7.20. The Morgan fingerprint density at radius 2 is 1.67 bits per heavy atom. The van der Waals surface area contributed by atoms with Crippen molar-refractivity contribution in [1.82, 2.24) is 29.3 Å². The number of likely N-dealkylation sites (N-methyl/N-ethyl adjacent to an activating group) is 1. The molecule has 0 unspecified atom stereocenters. The molecule has 1 aromatic carbocycles. The molecule has 3 aromatic heterocycles. The summed E-state index contributed by atoms with van der Waals surface area (Å²) in [7, 11) is 2.11. The Balaban J connectivity index is 1.31. The molecule has 186 valence electrons. The van der Waals surface area contributed by atoms with Gasteiger partial charge in [0.25, 0.3) is 0 Å². The van der Waals surface area contributed by atoms with E-state index in [0.717, 1.165) is 31.7 Å². The number of aryl methyl sites for hydroxylation is 1. The number of halogens is 2. The van der Waals surface area contributed by atoms with Crippen molar-refractivity contribution in [2.75, 3.05) is 56.9 Å². The van der Waals surface area contributed by atoms with Crippen molar-refractivity contribution < 1.29 is 8.78 Å². The Kier molecular flexibility index (Phi) is 5.57. The van der Waals surface area contributed by atoms with Gasteiger partial charge in [-0.25, -0.2) is 23.7 Å². The van der Waals surface area contributed by atoms with Gasteiger partial charge >= 0.3 is 0 Å². The van der Waals surface area contributed by atoms with E-state index in [1.807, 2.05) is 23.1 Å². The highest BCUT2D eigenvalue weighted by Crippen LogP contribution is 2.31. The molecule has 8 nitrogen and oxygen atoms in total. The molecule has 2 aliphatic heterocycles. The number of aromatic nitrogens is 4. The topological polar surface area (TPSA) is 79.3 Å². The number of piperazine rings is 1. The van der Waals surface area contributed by atoms with Gasteiger partial charge in [0.2, 0.25) is 0 Å². The molecule has 2 saturated heterocycles. The van der Waals surface area contributed by atoms with Gasteiger partial charge in [-0.3, -0.25) is 9.47 Å². The second-order valence-electron chi connectivity index (χ2n) is 9.66. The predicted octanol–water partition coefficient (Wildman–Crippen LogP) is 3.09. The van der Waals surface area contributed by atoms with E-state index in [0.29, 0.717) is 53.3 Å². The van der Waals surface area contributed by atoms with Gasteiger partial charge in [0, 0.05) is 69.2 Å². The molecule has 0 atom stereocenters. The van der Waals surface area contributed by atoms with Gasteiger partial charge in [-0.1, -0.05) is 0 Å². The highest BCUT2D eigenvalue weighted by Gasteiger charge is 2.32. The molecule has 0 amide bonds. The van der Waals surface area contributed by atoms with Crippen LogP contribution in [-0.2, 0) is 0 Å². The summed E-state index contributed by atoms with van der Waals surface area (Å²) in [5, 5.41) is 0. The maximum atomic E-state index is 15.4. The van der Waals surface area contributed by atoms with Crippen LogP contribution in [0.2, 0.25) is 0 Å². The van der Waals surface area contributed by atoms with Gasteiger partial charge in [0.05, 0.1) is 11.4 Å². The monoisotopic (exact) mass is 490 g/mol. The minimum atomic E-state index is -0.582. The minimum absolute atomic E-state index is 0.0344. The summed E-state index contributed by atoms with van der Waals surface area (Å²) in [6, 6.07) is 10.5. The number of hydrogen-bond acceptors (Lipinski definition) is 7. The summed E-state index contributed by atoms with van der Waals surface area (Å²) in [6.07, 6.45) is 1.62. The molecule has 6 rings (SSSR count). The van der Waals surface area contributed by atoms with Gasteiger partial charge in [-0.05, 0) is 38.2 Å². The lowest BCUT2D eigenvalue weighted by Crippen LogP contribution is -2.62. The zero-order valence-electron chi connectivity index (χ0n) is 20.3. The molecule has 36 heavy (non-hydrogen) atoms. The molecule has 0 spiro atoms. The number of fused-ring (bicyclic) bond motifs is 1. The molecule has 10 heteroatoms. The van der Waals surface area contributed by atoms with Crippen LogP contribution >= 0.6 is 0 Å². The van der Waals surface area contributed by atoms with Crippen LogP contribution in [-0.4, -0.2) is 81.7 Å². The zero-order chi connectivity index (χ0) is 25.0. The first-order valence-corrected chi connectivity index (χ1v) is 12.1. The molecule has 2 N–H and O–H groups in total. The van der Waals surface area contributed by atoms with Crippen molar-refractivity contribution in [3.8, 4) is 16.9 Å². The molecule has 0 aliphatic carbocycles. The number of benzene rings is 1. The van der Waals surface area contributed by atoms with E-state index in [1.165, 1.54) is 12.1 Å².